The van der Waals surface area contributed by atoms with Gasteiger partial charge in [0.05, 0.1) is 5.10 Å². The van der Waals surface area contributed by atoms with E-state index in [-0.39, 0.29) is 11.2 Å². The molecule has 0 saturated carbocycles. The zero-order valence-corrected chi connectivity index (χ0v) is 13.3. The van der Waals surface area contributed by atoms with E-state index >= 15 is 0 Å². The van der Waals surface area contributed by atoms with Crippen LogP contribution in [0, 0.1) is 5.21 Å². The average Bonchev–Trinajstić information content (AvgIpc) is 2.75. The molecule has 1 aromatic heterocycles. The van der Waals surface area contributed by atoms with Crippen LogP contribution < -0.4 is 4.85 Å². The van der Waals surface area contributed by atoms with Gasteiger partial charge in [-0.3, -0.25) is 0 Å². The van der Waals surface area contributed by atoms with Gasteiger partial charge in [0, 0.05) is 11.1 Å². The number of nitrogens with zero attached hydrogens (tertiary/aromatic N) is 3. The molecule has 0 unspecified atom stereocenters. The Hall–Kier alpha value is -2.27. The molecule has 3 aromatic rings. The van der Waals surface area contributed by atoms with Gasteiger partial charge in [-0.1, -0.05) is 38.4 Å². The molecular formula is C16H16ClN3O2. The molecule has 6 heteroatoms. The summed E-state index contributed by atoms with van der Waals surface area (Å²) in [5, 5.41) is 27.3. The lowest BCUT2D eigenvalue weighted by Gasteiger charge is -2.19. The molecular weight excluding hydrogens is 302 g/mol. The summed E-state index contributed by atoms with van der Waals surface area (Å²) in [4.78, 5) is 1.77. The molecule has 0 amide bonds. The van der Waals surface area contributed by atoms with Gasteiger partial charge in [-0.05, 0) is 40.0 Å². The van der Waals surface area contributed by atoms with Crippen LogP contribution in [-0.2, 0) is 5.41 Å². The number of aromatic hydroxyl groups is 1. The predicted octanol–water partition coefficient (Wildman–Crippen LogP) is 3.32. The van der Waals surface area contributed by atoms with Crippen molar-refractivity contribution in [2.24, 2.45) is 0 Å². The zero-order chi connectivity index (χ0) is 16.1. The Kier molecular flexibility index (Phi) is 3.25. The quantitative estimate of drug-likeness (QED) is 0.553. The standard InChI is InChI=1S/C16H16ClN3O2/c1-16(2,3)10-4-7-15(21)14(8-10)19-18-12-6-5-11(17)9-13(12)20(19)22/h4-9,21H,1-3H3. The van der Waals surface area contributed by atoms with Gasteiger partial charge in [0.15, 0.2) is 5.69 Å². The van der Waals surface area contributed by atoms with Crippen molar-refractivity contribution in [3.63, 3.8) is 0 Å². The molecule has 1 N–H and O–H groups in total. The number of aromatic nitrogens is 3. The van der Waals surface area contributed by atoms with E-state index in [9.17, 15) is 10.3 Å². The molecule has 1 heterocycles. The molecule has 0 aliphatic rings. The monoisotopic (exact) mass is 317 g/mol. The lowest BCUT2D eigenvalue weighted by molar-refractivity contribution is -0.664. The van der Waals surface area contributed by atoms with E-state index in [0.29, 0.717) is 26.6 Å². The van der Waals surface area contributed by atoms with Crippen molar-refractivity contribution >= 4 is 22.6 Å². The predicted molar refractivity (Wildman–Crippen MR) is 85.4 cm³/mol. The van der Waals surface area contributed by atoms with Crippen molar-refractivity contribution in [1.29, 1.82) is 0 Å². The van der Waals surface area contributed by atoms with E-state index in [1.807, 2.05) is 6.07 Å². The smallest absolute Gasteiger partial charge is 0.250 e. The molecule has 114 valence electrons. The molecule has 0 aliphatic carbocycles. The molecule has 0 aliphatic heterocycles. The zero-order valence-electron chi connectivity index (χ0n) is 12.5. The van der Waals surface area contributed by atoms with Crippen LogP contribution in [0.2, 0.25) is 5.02 Å². The van der Waals surface area contributed by atoms with E-state index in [1.54, 1.807) is 30.3 Å². The van der Waals surface area contributed by atoms with E-state index < -0.39 is 0 Å². The lowest BCUT2D eigenvalue weighted by atomic mass is 9.87. The fraction of sp³-hybridized carbons (Fsp3) is 0.250. The first-order valence-corrected chi connectivity index (χ1v) is 7.27. The first-order valence-electron chi connectivity index (χ1n) is 6.89. The van der Waals surface area contributed by atoms with Crippen molar-refractivity contribution in [2.75, 3.05) is 0 Å². The lowest BCUT2D eigenvalue weighted by Crippen LogP contribution is -2.37. The van der Waals surface area contributed by atoms with Crippen LogP contribution in [0.3, 0.4) is 0 Å². The molecule has 0 fully saturated rings. The second-order valence-corrected chi connectivity index (χ2v) is 6.69. The highest BCUT2D eigenvalue weighted by atomic mass is 35.5. The molecule has 0 saturated heterocycles. The second kappa shape index (κ2) is 4.88. The number of hydrogen-bond acceptors (Lipinski definition) is 3. The first kappa shape index (κ1) is 14.7. The molecule has 0 atom stereocenters. The number of phenols is 1. The maximum Gasteiger partial charge on any atom is 0.250 e. The van der Waals surface area contributed by atoms with E-state index in [4.69, 9.17) is 11.6 Å². The van der Waals surface area contributed by atoms with Crippen molar-refractivity contribution in [3.8, 4) is 11.4 Å². The number of phenolic OH excluding ortho intramolecular Hbond substituents is 1. The molecule has 0 spiro atoms. The summed E-state index contributed by atoms with van der Waals surface area (Å²) in [6.45, 7) is 6.19. The highest BCUT2D eigenvalue weighted by Crippen LogP contribution is 2.29. The number of halogens is 1. The van der Waals surface area contributed by atoms with Gasteiger partial charge in [0.1, 0.15) is 5.75 Å². The van der Waals surface area contributed by atoms with Gasteiger partial charge >= 0.3 is 0 Å². The first-order chi connectivity index (χ1) is 10.3. The summed E-state index contributed by atoms with van der Waals surface area (Å²) in [5.41, 5.74) is 2.10. The van der Waals surface area contributed by atoms with Gasteiger partial charge in [-0.25, -0.2) is 0 Å². The fourth-order valence-corrected chi connectivity index (χ4v) is 2.45. The topological polar surface area (TPSA) is 65.0 Å². The summed E-state index contributed by atoms with van der Waals surface area (Å²) < 4.78 is 0. The maximum absolute atomic E-state index is 12.4. The van der Waals surface area contributed by atoms with E-state index in [2.05, 4.69) is 25.9 Å². The summed E-state index contributed by atoms with van der Waals surface area (Å²) in [6, 6.07) is 10.1. The summed E-state index contributed by atoms with van der Waals surface area (Å²) in [6.07, 6.45) is 0. The second-order valence-electron chi connectivity index (χ2n) is 6.25. The Bertz CT molecular complexity index is 866. The van der Waals surface area contributed by atoms with Crippen LogP contribution in [0.25, 0.3) is 16.7 Å². The molecule has 0 radical (unpaired) electrons. The number of rotatable bonds is 1. The van der Waals surface area contributed by atoms with Crippen molar-refractivity contribution in [1.82, 2.24) is 9.90 Å². The van der Waals surface area contributed by atoms with E-state index in [0.717, 1.165) is 10.4 Å². The van der Waals surface area contributed by atoms with Crippen molar-refractivity contribution < 1.29 is 9.95 Å². The normalized spacial score (nSPS) is 12.0. The minimum absolute atomic E-state index is 0.00324. The Balaban J connectivity index is 2.25. The molecule has 2 aromatic carbocycles. The Morgan fingerprint density at radius 2 is 1.91 bits per heavy atom. The van der Waals surface area contributed by atoms with Crippen LogP contribution in [0.5, 0.6) is 5.75 Å². The summed E-state index contributed by atoms with van der Waals surface area (Å²) in [5.74, 6) is -0.00324. The summed E-state index contributed by atoms with van der Waals surface area (Å²) >= 11 is 5.92. The maximum atomic E-state index is 12.4. The van der Waals surface area contributed by atoms with E-state index in [1.165, 1.54) is 0 Å². The van der Waals surface area contributed by atoms with Crippen LogP contribution >= 0.6 is 11.6 Å². The molecule has 5 nitrogen and oxygen atoms in total. The third kappa shape index (κ3) is 2.37. The molecule has 3 rings (SSSR count). The third-order valence-corrected chi connectivity index (χ3v) is 3.81. The van der Waals surface area contributed by atoms with Gasteiger partial charge in [-0.15, -0.1) is 4.85 Å². The van der Waals surface area contributed by atoms with Crippen LogP contribution in [0.4, 0.5) is 0 Å². The van der Waals surface area contributed by atoms with Gasteiger partial charge in [0.2, 0.25) is 11.0 Å². The van der Waals surface area contributed by atoms with Crippen LogP contribution in [-0.4, -0.2) is 15.0 Å². The molecule has 0 bridgehead atoms. The van der Waals surface area contributed by atoms with Gasteiger partial charge in [0.25, 0.3) is 0 Å². The number of hydrogen-bond donors (Lipinski definition) is 1. The van der Waals surface area contributed by atoms with Gasteiger partial charge in [-0.2, -0.15) is 0 Å². The SMILES string of the molecule is CC(C)(C)c1ccc(O)c(-n2nc3ccc(Cl)cc3[n+]2[O-])c1. The summed E-state index contributed by atoms with van der Waals surface area (Å²) in [7, 11) is 0. The van der Waals surface area contributed by atoms with Crippen LogP contribution in [0.1, 0.15) is 26.3 Å². The third-order valence-electron chi connectivity index (χ3n) is 3.57. The van der Waals surface area contributed by atoms with Crippen molar-refractivity contribution in [3.05, 3.63) is 52.2 Å². The van der Waals surface area contributed by atoms with Crippen LogP contribution in [0.15, 0.2) is 36.4 Å². The molecule has 22 heavy (non-hydrogen) atoms. The highest BCUT2D eigenvalue weighted by Gasteiger charge is 2.22. The minimum Gasteiger partial charge on any atom is -0.692 e. The van der Waals surface area contributed by atoms with Crippen molar-refractivity contribution in [2.45, 2.75) is 26.2 Å². The largest absolute Gasteiger partial charge is 0.692 e. The average molecular weight is 318 g/mol. The Labute approximate surface area is 132 Å². The Morgan fingerprint density at radius 3 is 2.59 bits per heavy atom. The van der Waals surface area contributed by atoms with Gasteiger partial charge < -0.3 is 10.3 Å². The number of fused-ring (bicyclic) bond motifs is 1. The highest BCUT2D eigenvalue weighted by molar-refractivity contribution is 6.31. The Morgan fingerprint density at radius 1 is 1.18 bits per heavy atom. The number of benzene rings is 2. The fourth-order valence-electron chi connectivity index (χ4n) is 2.28. The minimum atomic E-state index is -0.105.